The molecule has 98 valence electrons. The van der Waals surface area contributed by atoms with E-state index in [9.17, 15) is 9.90 Å². The molecule has 2 aromatic rings. The van der Waals surface area contributed by atoms with E-state index in [1.165, 1.54) is 0 Å². The zero-order chi connectivity index (χ0) is 13.5. The standard InChI is InChI=1S/C13H13N3O3/c1-8-10(9-3-2-4-14-5-9)16-11(15-8)13(12(17)18)6-19-7-13/h2-5H,6-7H2,1H3,(H,15,16)(H,17,18). The van der Waals surface area contributed by atoms with E-state index in [4.69, 9.17) is 4.74 Å². The number of imidazole rings is 1. The van der Waals surface area contributed by atoms with Crippen LogP contribution in [0.25, 0.3) is 11.3 Å². The lowest BCUT2D eigenvalue weighted by atomic mass is 9.85. The Kier molecular flexibility index (Phi) is 2.60. The van der Waals surface area contributed by atoms with Crippen LogP contribution < -0.4 is 0 Å². The van der Waals surface area contributed by atoms with Gasteiger partial charge in [0.25, 0.3) is 0 Å². The fourth-order valence-corrected chi connectivity index (χ4v) is 2.14. The van der Waals surface area contributed by atoms with Crippen LogP contribution in [-0.4, -0.2) is 39.2 Å². The first kappa shape index (κ1) is 11.9. The summed E-state index contributed by atoms with van der Waals surface area (Å²) >= 11 is 0. The summed E-state index contributed by atoms with van der Waals surface area (Å²) in [6.07, 6.45) is 3.39. The number of aliphatic carboxylic acids is 1. The smallest absolute Gasteiger partial charge is 0.322 e. The Morgan fingerprint density at radius 2 is 2.32 bits per heavy atom. The molecule has 0 bridgehead atoms. The number of aryl methyl sites for hydroxylation is 1. The zero-order valence-corrected chi connectivity index (χ0v) is 10.4. The van der Waals surface area contributed by atoms with E-state index in [-0.39, 0.29) is 13.2 Å². The molecule has 0 spiro atoms. The molecule has 1 saturated heterocycles. The van der Waals surface area contributed by atoms with Gasteiger partial charge in [0.05, 0.1) is 18.9 Å². The number of carbonyl (C=O) groups is 1. The predicted molar refractivity (Wildman–Crippen MR) is 66.7 cm³/mol. The molecule has 0 unspecified atom stereocenters. The first-order valence-corrected chi connectivity index (χ1v) is 5.92. The zero-order valence-electron chi connectivity index (χ0n) is 10.4. The van der Waals surface area contributed by atoms with Gasteiger partial charge in [-0.15, -0.1) is 0 Å². The van der Waals surface area contributed by atoms with Gasteiger partial charge in [-0.25, -0.2) is 4.98 Å². The summed E-state index contributed by atoms with van der Waals surface area (Å²) in [5, 5.41) is 9.36. The molecule has 3 rings (SSSR count). The minimum absolute atomic E-state index is 0.155. The summed E-state index contributed by atoms with van der Waals surface area (Å²) < 4.78 is 5.06. The van der Waals surface area contributed by atoms with Crippen molar-refractivity contribution in [3.63, 3.8) is 0 Å². The first-order chi connectivity index (χ1) is 9.13. The van der Waals surface area contributed by atoms with Crippen molar-refractivity contribution in [3.8, 4) is 11.3 Å². The van der Waals surface area contributed by atoms with E-state index >= 15 is 0 Å². The van der Waals surface area contributed by atoms with Crippen LogP contribution in [0, 0.1) is 6.92 Å². The van der Waals surface area contributed by atoms with E-state index in [0.717, 1.165) is 17.0 Å². The SMILES string of the molecule is Cc1[nH]c(C2(C(=O)O)COC2)nc1-c1cccnc1. The molecular weight excluding hydrogens is 246 g/mol. The predicted octanol–water partition coefficient (Wildman–Crippen LogP) is 1.13. The van der Waals surface area contributed by atoms with Gasteiger partial charge in [0.15, 0.2) is 5.41 Å². The summed E-state index contributed by atoms with van der Waals surface area (Å²) in [6, 6.07) is 3.72. The van der Waals surface area contributed by atoms with Gasteiger partial charge in [0.1, 0.15) is 5.82 Å². The highest BCUT2D eigenvalue weighted by Crippen LogP contribution is 2.33. The molecule has 0 radical (unpaired) electrons. The molecule has 1 fully saturated rings. The van der Waals surface area contributed by atoms with Crippen molar-refractivity contribution in [1.82, 2.24) is 15.0 Å². The van der Waals surface area contributed by atoms with Gasteiger partial charge in [-0.2, -0.15) is 0 Å². The number of nitrogens with zero attached hydrogens (tertiary/aromatic N) is 2. The fraction of sp³-hybridized carbons (Fsp3) is 0.308. The van der Waals surface area contributed by atoms with Crippen LogP contribution in [0.2, 0.25) is 0 Å². The molecule has 6 nitrogen and oxygen atoms in total. The lowest BCUT2D eigenvalue weighted by Crippen LogP contribution is -2.53. The van der Waals surface area contributed by atoms with Crippen LogP contribution in [0.1, 0.15) is 11.5 Å². The van der Waals surface area contributed by atoms with Gasteiger partial charge in [0.2, 0.25) is 0 Å². The summed E-state index contributed by atoms with van der Waals surface area (Å²) in [5.74, 6) is -0.465. The Labute approximate surface area is 109 Å². The number of nitrogens with one attached hydrogen (secondary N) is 1. The van der Waals surface area contributed by atoms with Crippen molar-refractivity contribution in [2.75, 3.05) is 13.2 Å². The second-order valence-corrected chi connectivity index (χ2v) is 4.68. The normalized spacial score (nSPS) is 16.9. The highest BCUT2D eigenvalue weighted by Gasteiger charge is 2.50. The van der Waals surface area contributed by atoms with E-state index < -0.39 is 11.4 Å². The number of ether oxygens (including phenoxy) is 1. The molecule has 1 aliphatic rings. The van der Waals surface area contributed by atoms with Gasteiger partial charge in [-0.3, -0.25) is 9.78 Å². The van der Waals surface area contributed by atoms with Crippen LogP contribution >= 0.6 is 0 Å². The molecule has 2 N–H and O–H groups in total. The summed E-state index contributed by atoms with van der Waals surface area (Å²) in [6.45, 7) is 2.18. The van der Waals surface area contributed by atoms with Crippen molar-refractivity contribution in [2.24, 2.45) is 0 Å². The molecular formula is C13H13N3O3. The second-order valence-electron chi connectivity index (χ2n) is 4.68. The van der Waals surface area contributed by atoms with Crippen molar-refractivity contribution in [2.45, 2.75) is 12.3 Å². The molecule has 19 heavy (non-hydrogen) atoms. The van der Waals surface area contributed by atoms with Crippen LogP contribution in [0.5, 0.6) is 0 Å². The average Bonchev–Trinajstić information content (AvgIpc) is 2.70. The van der Waals surface area contributed by atoms with Crippen molar-refractivity contribution in [1.29, 1.82) is 0 Å². The number of carboxylic acids is 1. The average molecular weight is 259 g/mol. The van der Waals surface area contributed by atoms with Gasteiger partial charge in [0, 0.05) is 23.7 Å². The highest BCUT2D eigenvalue weighted by molar-refractivity contribution is 5.82. The molecule has 3 heterocycles. The Bertz CT molecular complexity index is 617. The monoisotopic (exact) mass is 259 g/mol. The molecule has 0 saturated carbocycles. The maximum atomic E-state index is 11.4. The van der Waals surface area contributed by atoms with Crippen molar-refractivity contribution >= 4 is 5.97 Å². The number of carboxylic acid groups (broad SMARTS) is 1. The Morgan fingerprint density at radius 3 is 2.84 bits per heavy atom. The van der Waals surface area contributed by atoms with Gasteiger partial charge in [-0.1, -0.05) is 0 Å². The third-order valence-corrected chi connectivity index (χ3v) is 3.38. The fourth-order valence-electron chi connectivity index (χ4n) is 2.14. The first-order valence-electron chi connectivity index (χ1n) is 5.92. The van der Waals surface area contributed by atoms with E-state index in [1.54, 1.807) is 12.4 Å². The molecule has 0 aliphatic carbocycles. The summed E-state index contributed by atoms with van der Waals surface area (Å²) in [4.78, 5) is 23.0. The summed E-state index contributed by atoms with van der Waals surface area (Å²) in [5.41, 5.74) is 1.39. The van der Waals surface area contributed by atoms with Crippen LogP contribution in [0.3, 0.4) is 0 Å². The lowest BCUT2D eigenvalue weighted by molar-refractivity contribution is -0.163. The van der Waals surface area contributed by atoms with Crippen molar-refractivity contribution in [3.05, 3.63) is 36.0 Å². The van der Waals surface area contributed by atoms with Gasteiger partial charge < -0.3 is 14.8 Å². The number of aromatic nitrogens is 3. The Morgan fingerprint density at radius 1 is 1.53 bits per heavy atom. The van der Waals surface area contributed by atoms with E-state index in [0.29, 0.717) is 5.82 Å². The minimum Gasteiger partial charge on any atom is -0.480 e. The molecule has 0 aromatic carbocycles. The topological polar surface area (TPSA) is 88.1 Å². The van der Waals surface area contributed by atoms with E-state index in [1.807, 2.05) is 19.1 Å². The largest absolute Gasteiger partial charge is 0.480 e. The van der Waals surface area contributed by atoms with Gasteiger partial charge >= 0.3 is 5.97 Å². The molecule has 0 atom stereocenters. The second kappa shape index (κ2) is 4.17. The quantitative estimate of drug-likeness (QED) is 0.862. The number of H-pyrrole nitrogens is 1. The maximum absolute atomic E-state index is 11.4. The molecule has 2 aromatic heterocycles. The number of aromatic amines is 1. The van der Waals surface area contributed by atoms with Crippen molar-refractivity contribution < 1.29 is 14.6 Å². The Balaban J connectivity index is 2.05. The lowest BCUT2D eigenvalue weighted by Gasteiger charge is -2.35. The molecule has 0 amide bonds. The third kappa shape index (κ3) is 1.72. The highest BCUT2D eigenvalue weighted by atomic mass is 16.5. The third-order valence-electron chi connectivity index (χ3n) is 3.38. The molecule has 6 heteroatoms. The van der Waals surface area contributed by atoms with Crippen LogP contribution in [-0.2, 0) is 14.9 Å². The van der Waals surface area contributed by atoms with Crippen LogP contribution in [0.15, 0.2) is 24.5 Å². The number of rotatable bonds is 3. The van der Waals surface area contributed by atoms with E-state index in [2.05, 4.69) is 15.0 Å². The Hall–Kier alpha value is -2.21. The minimum atomic E-state index is -1.04. The van der Waals surface area contributed by atoms with Crippen LogP contribution in [0.4, 0.5) is 0 Å². The summed E-state index contributed by atoms with van der Waals surface area (Å²) in [7, 11) is 0. The number of pyridine rings is 1. The van der Waals surface area contributed by atoms with Gasteiger partial charge in [-0.05, 0) is 19.1 Å². The number of hydrogen-bond donors (Lipinski definition) is 2. The molecule has 1 aliphatic heterocycles. The number of hydrogen-bond acceptors (Lipinski definition) is 4. The maximum Gasteiger partial charge on any atom is 0.322 e.